The summed E-state index contributed by atoms with van der Waals surface area (Å²) in [5.74, 6) is -5.79. The van der Waals surface area contributed by atoms with E-state index in [1.54, 1.807) is 0 Å². The molecule has 0 aliphatic heterocycles. The average Bonchev–Trinajstić information content (AvgIpc) is 2.15. The van der Waals surface area contributed by atoms with Gasteiger partial charge in [0.05, 0.1) is 0 Å². The molecule has 0 radical (unpaired) electrons. The molecule has 0 aromatic heterocycles. The lowest BCUT2D eigenvalue weighted by atomic mass is 10.00. The quantitative estimate of drug-likeness (QED) is 0.816. The molecule has 0 spiro atoms. The van der Waals surface area contributed by atoms with Crippen molar-refractivity contribution in [1.29, 1.82) is 0 Å². The highest BCUT2D eigenvalue weighted by atomic mass is 35.5. The Kier molecular flexibility index (Phi) is 4.73. The van der Waals surface area contributed by atoms with Crippen molar-refractivity contribution in [3.05, 3.63) is 29.8 Å². The van der Waals surface area contributed by atoms with Crippen molar-refractivity contribution in [2.24, 2.45) is 5.73 Å². The van der Waals surface area contributed by atoms with E-state index in [0.29, 0.717) is 0 Å². The zero-order chi connectivity index (χ0) is 12.6. The molecular formula is C9H9ClF5NO. The van der Waals surface area contributed by atoms with Crippen LogP contribution in [-0.2, 0) is 0 Å². The van der Waals surface area contributed by atoms with Gasteiger partial charge in [-0.2, -0.15) is 22.0 Å². The highest BCUT2D eigenvalue weighted by Crippen LogP contribution is 2.44. The fourth-order valence-electron chi connectivity index (χ4n) is 1.12. The van der Waals surface area contributed by atoms with Gasteiger partial charge in [0, 0.05) is 5.56 Å². The fraction of sp³-hybridized carbons (Fsp3) is 0.333. The molecule has 17 heavy (non-hydrogen) atoms. The van der Waals surface area contributed by atoms with Crippen LogP contribution >= 0.6 is 12.4 Å². The molecule has 3 N–H and O–H groups in total. The topological polar surface area (TPSA) is 46.2 Å². The van der Waals surface area contributed by atoms with Gasteiger partial charge in [-0.1, -0.05) is 18.2 Å². The van der Waals surface area contributed by atoms with Crippen molar-refractivity contribution >= 4 is 12.4 Å². The summed E-state index contributed by atoms with van der Waals surface area (Å²) in [5, 5.41) is 9.13. The third-order valence-electron chi connectivity index (χ3n) is 2.04. The van der Waals surface area contributed by atoms with Gasteiger partial charge in [0.15, 0.2) is 0 Å². The molecule has 2 nitrogen and oxygen atoms in total. The Morgan fingerprint density at radius 1 is 1.06 bits per heavy atom. The highest BCUT2D eigenvalue weighted by Gasteiger charge is 2.62. The fourth-order valence-corrected chi connectivity index (χ4v) is 1.12. The molecular weight excluding hydrogens is 269 g/mol. The Balaban J connectivity index is 0.00000256. The lowest BCUT2D eigenvalue weighted by molar-refractivity contribution is -0.291. The number of hydrogen-bond acceptors (Lipinski definition) is 2. The van der Waals surface area contributed by atoms with Gasteiger partial charge in [0.25, 0.3) is 0 Å². The monoisotopic (exact) mass is 277 g/mol. The number of nitrogens with two attached hydrogens (primary N) is 1. The zero-order valence-electron chi connectivity index (χ0n) is 8.21. The van der Waals surface area contributed by atoms with Crippen LogP contribution in [-0.4, -0.2) is 17.2 Å². The Labute approximate surface area is 99.6 Å². The van der Waals surface area contributed by atoms with Gasteiger partial charge >= 0.3 is 12.1 Å². The maximum Gasteiger partial charge on any atom is 0.455 e. The first-order chi connectivity index (χ1) is 7.18. The summed E-state index contributed by atoms with van der Waals surface area (Å²) < 4.78 is 61.6. The van der Waals surface area contributed by atoms with Crippen molar-refractivity contribution in [2.45, 2.75) is 18.1 Å². The first-order valence-corrected chi connectivity index (χ1v) is 4.16. The van der Waals surface area contributed by atoms with E-state index in [9.17, 15) is 22.0 Å². The van der Waals surface area contributed by atoms with E-state index in [-0.39, 0.29) is 12.4 Å². The lowest BCUT2D eigenvalue weighted by Crippen LogP contribution is -2.45. The standard InChI is InChI=1S/C9H8F5NO.ClH/c10-8(11,9(12,13)14)7(15)5-3-1-2-4-6(5)16;/h1-4,7,16H,15H2;1H/t7-;/m0./s1. The number of alkyl halides is 5. The van der Waals surface area contributed by atoms with Crippen molar-refractivity contribution in [2.75, 3.05) is 0 Å². The second-order valence-corrected chi connectivity index (χ2v) is 3.16. The van der Waals surface area contributed by atoms with Crippen molar-refractivity contribution < 1.29 is 27.1 Å². The minimum Gasteiger partial charge on any atom is -0.508 e. The molecule has 0 heterocycles. The van der Waals surface area contributed by atoms with Crippen molar-refractivity contribution in [1.82, 2.24) is 0 Å². The van der Waals surface area contributed by atoms with Crippen LogP contribution in [0.2, 0.25) is 0 Å². The summed E-state index contributed by atoms with van der Waals surface area (Å²) in [6, 6.07) is 1.77. The third-order valence-corrected chi connectivity index (χ3v) is 2.04. The predicted molar refractivity (Wildman–Crippen MR) is 53.3 cm³/mol. The molecule has 1 aromatic carbocycles. The lowest BCUT2D eigenvalue weighted by Gasteiger charge is -2.26. The van der Waals surface area contributed by atoms with Gasteiger partial charge < -0.3 is 10.8 Å². The second kappa shape index (κ2) is 5.05. The summed E-state index contributed by atoms with van der Waals surface area (Å²) in [6.45, 7) is 0. The van der Waals surface area contributed by atoms with E-state index >= 15 is 0 Å². The maximum atomic E-state index is 12.8. The van der Waals surface area contributed by atoms with Crippen molar-refractivity contribution in [3.8, 4) is 5.75 Å². The number of para-hydroxylation sites is 1. The SMILES string of the molecule is Cl.N[C@@H](c1ccccc1O)C(F)(F)C(F)(F)F. The van der Waals surface area contributed by atoms with Crippen LogP contribution in [0.3, 0.4) is 0 Å². The third kappa shape index (κ3) is 2.98. The zero-order valence-corrected chi connectivity index (χ0v) is 9.03. The molecule has 98 valence electrons. The number of phenolic OH excluding ortho intramolecular Hbond substituents is 1. The molecule has 0 saturated carbocycles. The van der Waals surface area contributed by atoms with Gasteiger partial charge in [-0.25, -0.2) is 0 Å². The van der Waals surface area contributed by atoms with Gasteiger partial charge in [-0.05, 0) is 6.07 Å². The number of phenols is 1. The van der Waals surface area contributed by atoms with E-state index in [1.165, 1.54) is 12.1 Å². The van der Waals surface area contributed by atoms with Gasteiger partial charge in [0.1, 0.15) is 11.8 Å². The minimum absolute atomic E-state index is 0. The van der Waals surface area contributed by atoms with Crippen LogP contribution in [0.4, 0.5) is 22.0 Å². The van der Waals surface area contributed by atoms with Crippen LogP contribution in [0.1, 0.15) is 11.6 Å². The number of benzene rings is 1. The minimum atomic E-state index is -5.76. The normalized spacial score (nSPS) is 14.0. The van der Waals surface area contributed by atoms with Crippen LogP contribution in [0, 0.1) is 0 Å². The summed E-state index contributed by atoms with van der Waals surface area (Å²) in [6.07, 6.45) is -5.76. The summed E-state index contributed by atoms with van der Waals surface area (Å²) in [5.41, 5.74) is 4.18. The first-order valence-electron chi connectivity index (χ1n) is 4.16. The molecule has 0 aliphatic carbocycles. The molecule has 0 aliphatic rings. The number of rotatable bonds is 2. The maximum absolute atomic E-state index is 12.8. The van der Waals surface area contributed by atoms with Gasteiger partial charge in [0.2, 0.25) is 0 Å². The second-order valence-electron chi connectivity index (χ2n) is 3.16. The molecule has 1 atom stereocenters. The summed E-state index contributed by atoms with van der Waals surface area (Å²) >= 11 is 0. The summed E-state index contributed by atoms with van der Waals surface area (Å²) in [4.78, 5) is 0. The van der Waals surface area contributed by atoms with E-state index < -0.39 is 29.5 Å². The van der Waals surface area contributed by atoms with E-state index in [0.717, 1.165) is 12.1 Å². The Bertz CT molecular complexity index is 382. The smallest absolute Gasteiger partial charge is 0.455 e. The van der Waals surface area contributed by atoms with E-state index in [2.05, 4.69) is 0 Å². The van der Waals surface area contributed by atoms with Crippen LogP contribution in [0.15, 0.2) is 24.3 Å². The first kappa shape index (κ1) is 15.9. The van der Waals surface area contributed by atoms with E-state index in [1.807, 2.05) is 0 Å². The number of aromatic hydroxyl groups is 1. The van der Waals surface area contributed by atoms with Crippen LogP contribution < -0.4 is 5.73 Å². The molecule has 1 aromatic rings. The molecule has 0 unspecified atom stereocenters. The Morgan fingerprint density at radius 2 is 1.53 bits per heavy atom. The molecule has 0 bridgehead atoms. The van der Waals surface area contributed by atoms with E-state index in [4.69, 9.17) is 10.8 Å². The molecule has 8 heteroatoms. The van der Waals surface area contributed by atoms with Crippen molar-refractivity contribution in [3.63, 3.8) is 0 Å². The Hall–Kier alpha value is -1.08. The molecule has 0 saturated heterocycles. The highest BCUT2D eigenvalue weighted by molar-refractivity contribution is 5.85. The largest absolute Gasteiger partial charge is 0.508 e. The van der Waals surface area contributed by atoms with Crippen LogP contribution in [0.5, 0.6) is 5.75 Å². The molecule has 0 amide bonds. The van der Waals surface area contributed by atoms with Gasteiger partial charge in [-0.15, -0.1) is 12.4 Å². The van der Waals surface area contributed by atoms with Crippen LogP contribution in [0.25, 0.3) is 0 Å². The predicted octanol–water partition coefficient (Wildman–Crippen LogP) is 3.01. The van der Waals surface area contributed by atoms with Gasteiger partial charge in [-0.3, -0.25) is 0 Å². The molecule has 0 fully saturated rings. The number of halogens is 6. The number of hydrogen-bond donors (Lipinski definition) is 2. The summed E-state index contributed by atoms with van der Waals surface area (Å²) in [7, 11) is 0. The Morgan fingerprint density at radius 3 is 1.94 bits per heavy atom. The average molecular weight is 278 g/mol. The molecule has 1 rings (SSSR count).